The number of benzene rings is 1. The molecule has 1 aromatic heterocycles. The molecule has 1 N–H and O–H groups in total. The third-order valence-corrected chi connectivity index (χ3v) is 6.92. The predicted octanol–water partition coefficient (Wildman–Crippen LogP) is 3.16. The number of halogens is 1. The molecular weight excluding hydrogens is 404 g/mol. The van der Waals surface area contributed by atoms with E-state index in [0.29, 0.717) is 60.7 Å². The second-order valence-electron chi connectivity index (χ2n) is 8.72. The Kier molecular flexibility index (Phi) is 6.02. The number of oxazole rings is 1. The van der Waals surface area contributed by atoms with E-state index >= 15 is 0 Å². The summed E-state index contributed by atoms with van der Waals surface area (Å²) in [6.07, 6.45) is 6.81. The minimum atomic E-state index is -0.0723. The van der Waals surface area contributed by atoms with Crippen LogP contribution in [0.25, 0.3) is 11.1 Å². The van der Waals surface area contributed by atoms with Crippen LogP contribution in [-0.2, 0) is 4.79 Å². The maximum Gasteiger partial charge on any atom is 0.298 e. The first-order chi connectivity index (χ1) is 14.1. The molecule has 3 aliphatic rings. The molecule has 8 heteroatoms. The van der Waals surface area contributed by atoms with Crippen LogP contribution in [0, 0.1) is 0 Å². The standard InChI is InChI=1S/C22H28N4O3.ClH/c1-25-15-4-2-5-16(25)13-14(12-15)23-21(28)18-6-3-7-19-20(18)24-22(29-19)26-10-8-17(27)9-11-26;/h3,6-7,14-16H,2,4-5,8-13H2,1H3,(H,23,28);1H. The van der Waals surface area contributed by atoms with Crippen molar-refractivity contribution >= 4 is 41.2 Å². The first-order valence-electron chi connectivity index (χ1n) is 10.8. The number of piperidine rings is 3. The monoisotopic (exact) mass is 432 g/mol. The molecule has 0 aliphatic carbocycles. The quantitative estimate of drug-likeness (QED) is 0.802. The first kappa shape index (κ1) is 21.1. The maximum absolute atomic E-state index is 13.1. The van der Waals surface area contributed by atoms with Crippen molar-refractivity contribution in [3.8, 4) is 0 Å². The fourth-order valence-corrected chi connectivity index (χ4v) is 5.20. The van der Waals surface area contributed by atoms with Crippen LogP contribution in [0.5, 0.6) is 0 Å². The van der Waals surface area contributed by atoms with Crippen LogP contribution in [0.4, 0.5) is 6.01 Å². The highest BCUT2D eigenvalue weighted by Gasteiger charge is 2.36. The number of rotatable bonds is 3. The molecule has 3 aliphatic heterocycles. The lowest BCUT2D eigenvalue weighted by molar-refractivity contribution is -0.119. The smallest absolute Gasteiger partial charge is 0.298 e. The number of nitrogens with zero attached hydrogens (tertiary/aromatic N) is 3. The molecule has 2 unspecified atom stereocenters. The molecule has 162 valence electrons. The zero-order valence-electron chi connectivity index (χ0n) is 17.3. The number of nitrogens with one attached hydrogen (secondary N) is 1. The van der Waals surface area contributed by atoms with Gasteiger partial charge < -0.3 is 19.5 Å². The summed E-state index contributed by atoms with van der Waals surface area (Å²) in [5, 5.41) is 3.27. The van der Waals surface area contributed by atoms with Crippen LogP contribution in [0.3, 0.4) is 0 Å². The van der Waals surface area contributed by atoms with Crippen molar-refractivity contribution in [2.24, 2.45) is 0 Å². The first-order valence-corrected chi connectivity index (χ1v) is 10.8. The van der Waals surface area contributed by atoms with Crippen molar-refractivity contribution in [2.75, 3.05) is 25.0 Å². The van der Waals surface area contributed by atoms with E-state index in [4.69, 9.17) is 4.42 Å². The molecule has 1 aromatic carbocycles. The average Bonchev–Trinajstić information content (AvgIpc) is 3.13. The van der Waals surface area contributed by atoms with Crippen molar-refractivity contribution in [1.29, 1.82) is 0 Å². The molecule has 3 fully saturated rings. The number of hydrogen-bond donors (Lipinski definition) is 1. The minimum Gasteiger partial charge on any atom is -0.423 e. The van der Waals surface area contributed by atoms with Gasteiger partial charge in [0.05, 0.1) is 5.56 Å². The van der Waals surface area contributed by atoms with Crippen LogP contribution in [0.15, 0.2) is 22.6 Å². The molecule has 2 bridgehead atoms. The highest BCUT2D eigenvalue weighted by Crippen LogP contribution is 2.33. The highest BCUT2D eigenvalue weighted by molar-refractivity contribution is 6.04. The van der Waals surface area contributed by atoms with Gasteiger partial charge in [0.25, 0.3) is 11.9 Å². The Bertz CT molecular complexity index is 922. The van der Waals surface area contributed by atoms with Crippen LogP contribution in [-0.4, -0.2) is 59.8 Å². The lowest BCUT2D eigenvalue weighted by Crippen LogP contribution is -2.55. The Morgan fingerprint density at radius 3 is 2.57 bits per heavy atom. The summed E-state index contributed by atoms with van der Waals surface area (Å²) in [5.41, 5.74) is 1.78. The molecule has 30 heavy (non-hydrogen) atoms. The molecule has 0 spiro atoms. The van der Waals surface area contributed by atoms with E-state index in [9.17, 15) is 9.59 Å². The fraction of sp³-hybridized carbons (Fsp3) is 0.591. The van der Waals surface area contributed by atoms with Crippen LogP contribution in [0.1, 0.15) is 55.3 Å². The number of carbonyl (C=O) groups excluding carboxylic acids is 2. The van der Waals surface area contributed by atoms with Crippen molar-refractivity contribution in [3.63, 3.8) is 0 Å². The second kappa shape index (κ2) is 8.55. The number of anilines is 1. The van der Waals surface area contributed by atoms with Crippen molar-refractivity contribution in [2.45, 2.75) is 63.1 Å². The van der Waals surface area contributed by atoms with Gasteiger partial charge >= 0.3 is 0 Å². The average molecular weight is 433 g/mol. The summed E-state index contributed by atoms with van der Waals surface area (Å²) in [6.45, 7) is 1.23. The Morgan fingerprint density at radius 2 is 1.87 bits per heavy atom. The van der Waals surface area contributed by atoms with Gasteiger partial charge in [0.1, 0.15) is 11.3 Å². The zero-order chi connectivity index (χ0) is 20.0. The third kappa shape index (κ3) is 3.93. The van der Waals surface area contributed by atoms with E-state index in [2.05, 4.69) is 22.2 Å². The summed E-state index contributed by atoms with van der Waals surface area (Å²) in [6, 6.07) is 7.37. The van der Waals surface area contributed by atoms with E-state index in [1.54, 1.807) is 0 Å². The summed E-state index contributed by atoms with van der Waals surface area (Å²) >= 11 is 0. The SMILES string of the molecule is CN1C2CCCC1CC(NC(=O)c1cccc3oc(N4CCC(=O)CC4)nc13)C2.Cl. The topological polar surface area (TPSA) is 78.7 Å². The second-order valence-corrected chi connectivity index (χ2v) is 8.72. The highest BCUT2D eigenvalue weighted by atomic mass is 35.5. The Labute approximate surface area is 182 Å². The van der Waals surface area contributed by atoms with E-state index < -0.39 is 0 Å². The third-order valence-electron chi connectivity index (χ3n) is 6.92. The lowest BCUT2D eigenvalue weighted by Gasteiger charge is -2.47. The molecule has 3 saturated heterocycles. The predicted molar refractivity (Wildman–Crippen MR) is 117 cm³/mol. The van der Waals surface area contributed by atoms with Gasteiger partial charge in [-0.05, 0) is 44.9 Å². The van der Waals surface area contributed by atoms with Gasteiger partial charge in [0.2, 0.25) is 0 Å². The zero-order valence-corrected chi connectivity index (χ0v) is 18.1. The van der Waals surface area contributed by atoms with E-state index in [0.717, 1.165) is 12.8 Å². The summed E-state index contributed by atoms with van der Waals surface area (Å²) in [5.74, 6) is 0.206. The number of fused-ring (bicyclic) bond motifs is 3. The lowest BCUT2D eigenvalue weighted by atomic mass is 9.82. The molecular formula is C22H29ClN4O3. The summed E-state index contributed by atoms with van der Waals surface area (Å²) < 4.78 is 5.92. The van der Waals surface area contributed by atoms with Crippen LogP contribution in [0.2, 0.25) is 0 Å². The number of amides is 1. The number of carbonyl (C=O) groups is 2. The molecule has 0 radical (unpaired) electrons. The number of Topliss-reactive ketones (excluding diaryl/α,β-unsaturated/α-hetero) is 1. The molecule has 7 nitrogen and oxygen atoms in total. The Hall–Kier alpha value is -2.12. The summed E-state index contributed by atoms with van der Waals surface area (Å²) in [7, 11) is 2.22. The largest absolute Gasteiger partial charge is 0.423 e. The van der Waals surface area contributed by atoms with Gasteiger partial charge in [0, 0.05) is 44.1 Å². The van der Waals surface area contributed by atoms with E-state index in [-0.39, 0.29) is 30.1 Å². The van der Waals surface area contributed by atoms with Gasteiger partial charge in [0.15, 0.2) is 5.58 Å². The van der Waals surface area contributed by atoms with Crippen molar-refractivity contribution in [3.05, 3.63) is 23.8 Å². The van der Waals surface area contributed by atoms with Gasteiger partial charge in [-0.3, -0.25) is 9.59 Å². The van der Waals surface area contributed by atoms with E-state index in [1.165, 1.54) is 19.3 Å². The van der Waals surface area contributed by atoms with Gasteiger partial charge in [-0.2, -0.15) is 4.98 Å². The Morgan fingerprint density at radius 1 is 1.17 bits per heavy atom. The number of aromatic nitrogens is 1. The number of ketones is 1. The normalized spacial score (nSPS) is 27.0. The van der Waals surface area contributed by atoms with Gasteiger partial charge in [-0.15, -0.1) is 12.4 Å². The molecule has 2 aromatic rings. The number of hydrogen-bond acceptors (Lipinski definition) is 6. The maximum atomic E-state index is 13.1. The molecule has 0 saturated carbocycles. The van der Waals surface area contributed by atoms with E-state index in [1.807, 2.05) is 23.1 Å². The molecule has 1 amide bonds. The minimum absolute atomic E-state index is 0. The summed E-state index contributed by atoms with van der Waals surface area (Å²) in [4.78, 5) is 33.7. The molecule has 5 rings (SSSR count). The van der Waals surface area contributed by atoms with Gasteiger partial charge in [-0.1, -0.05) is 12.5 Å². The van der Waals surface area contributed by atoms with Crippen molar-refractivity contribution < 1.29 is 14.0 Å². The van der Waals surface area contributed by atoms with Crippen molar-refractivity contribution in [1.82, 2.24) is 15.2 Å². The van der Waals surface area contributed by atoms with Gasteiger partial charge in [-0.25, -0.2) is 0 Å². The molecule has 2 atom stereocenters. The molecule has 4 heterocycles. The number of para-hydroxylation sites is 1. The van der Waals surface area contributed by atoms with Crippen LogP contribution < -0.4 is 10.2 Å². The van der Waals surface area contributed by atoms with Crippen LogP contribution >= 0.6 is 12.4 Å². The fourth-order valence-electron chi connectivity index (χ4n) is 5.20. The Balaban J connectivity index is 0.00000218.